The maximum Gasteiger partial charge on any atom is 0.316 e. The van der Waals surface area contributed by atoms with Crippen LogP contribution in [0, 0.1) is 0 Å². The summed E-state index contributed by atoms with van der Waals surface area (Å²) in [6.45, 7) is 5.63. The highest BCUT2D eigenvalue weighted by molar-refractivity contribution is 8.00. The number of carboxylic acids is 2. The normalized spacial score (nSPS) is 11.5. The first-order valence-electron chi connectivity index (χ1n) is 9.51. The maximum atomic E-state index is 10.6. The molecule has 1 unspecified atom stereocenters. The van der Waals surface area contributed by atoms with Gasteiger partial charge in [-0.1, -0.05) is 78.1 Å². The van der Waals surface area contributed by atoms with Gasteiger partial charge >= 0.3 is 11.9 Å². The van der Waals surface area contributed by atoms with E-state index < -0.39 is 11.9 Å². The summed E-state index contributed by atoms with van der Waals surface area (Å²) in [6, 6.07) is 0. The molecule has 0 aromatic rings. The zero-order valence-corrected chi connectivity index (χ0v) is 16.7. The minimum absolute atomic E-state index is 0.222. The van der Waals surface area contributed by atoms with Crippen molar-refractivity contribution in [1.29, 1.82) is 0 Å². The van der Waals surface area contributed by atoms with E-state index in [4.69, 9.17) is 10.2 Å². The molecule has 0 aliphatic rings. The molecular formula is C19H38O4S. The molecule has 0 aromatic carbocycles. The molecule has 0 heterocycles. The van der Waals surface area contributed by atoms with Crippen LogP contribution < -0.4 is 0 Å². The van der Waals surface area contributed by atoms with Crippen LogP contribution in [0.2, 0.25) is 0 Å². The van der Waals surface area contributed by atoms with E-state index in [9.17, 15) is 9.59 Å². The van der Waals surface area contributed by atoms with Crippen LogP contribution in [0.25, 0.3) is 0 Å². The SMILES string of the molecule is CCC(=O)O.CCCCCCCCCCCCCSC(C)C(=O)O. The van der Waals surface area contributed by atoms with Crippen molar-refractivity contribution in [3.05, 3.63) is 0 Å². The van der Waals surface area contributed by atoms with Gasteiger partial charge in [-0.25, -0.2) is 0 Å². The number of unbranched alkanes of at least 4 members (excludes halogenated alkanes) is 10. The van der Waals surface area contributed by atoms with E-state index in [2.05, 4.69) is 6.92 Å². The molecule has 4 nitrogen and oxygen atoms in total. The van der Waals surface area contributed by atoms with Crippen molar-refractivity contribution in [3.8, 4) is 0 Å². The molecule has 0 saturated heterocycles. The van der Waals surface area contributed by atoms with Crippen LogP contribution in [0.15, 0.2) is 0 Å². The van der Waals surface area contributed by atoms with Crippen molar-refractivity contribution in [3.63, 3.8) is 0 Å². The molecule has 144 valence electrons. The third kappa shape index (κ3) is 23.6. The highest BCUT2D eigenvalue weighted by atomic mass is 32.2. The summed E-state index contributed by atoms with van der Waals surface area (Å²) in [5.41, 5.74) is 0. The Kier molecular flexibility index (Phi) is 21.6. The van der Waals surface area contributed by atoms with Crippen LogP contribution in [0.4, 0.5) is 0 Å². The maximum absolute atomic E-state index is 10.6. The summed E-state index contributed by atoms with van der Waals surface area (Å²) in [6.07, 6.45) is 15.1. The Morgan fingerprint density at radius 3 is 1.50 bits per heavy atom. The van der Waals surface area contributed by atoms with Gasteiger partial charge in [-0.05, 0) is 19.1 Å². The standard InChI is InChI=1S/C16H32O2S.C3H6O2/c1-3-4-5-6-7-8-9-10-11-12-13-14-19-15(2)16(17)18;1-2-3(4)5/h15H,3-14H2,1-2H3,(H,17,18);2H2,1H3,(H,4,5). The molecule has 0 aromatic heterocycles. The van der Waals surface area contributed by atoms with Gasteiger partial charge in [0.05, 0.1) is 5.25 Å². The lowest BCUT2D eigenvalue weighted by molar-refractivity contribution is -0.137. The Morgan fingerprint density at radius 1 is 0.792 bits per heavy atom. The molecule has 24 heavy (non-hydrogen) atoms. The number of hydrogen-bond donors (Lipinski definition) is 2. The molecule has 0 rings (SSSR count). The predicted molar refractivity (Wildman–Crippen MR) is 104 cm³/mol. The Hall–Kier alpha value is -0.710. The zero-order chi connectivity index (χ0) is 18.6. The fraction of sp³-hybridized carbons (Fsp3) is 0.895. The van der Waals surface area contributed by atoms with Gasteiger partial charge in [0.2, 0.25) is 0 Å². The zero-order valence-electron chi connectivity index (χ0n) is 15.9. The third-order valence-corrected chi connectivity index (χ3v) is 4.99. The van der Waals surface area contributed by atoms with Gasteiger partial charge in [-0.15, -0.1) is 11.8 Å². The van der Waals surface area contributed by atoms with Gasteiger partial charge in [-0.3, -0.25) is 9.59 Å². The lowest BCUT2D eigenvalue weighted by Gasteiger charge is -2.05. The second kappa shape index (κ2) is 20.3. The van der Waals surface area contributed by atoms with Crippen molar-refractivity contribution in [2.75, 3.05) is 5.75 Å². The summed E-state index contributed by atoms with van der Waals surface area (Å²) >= 11 is 1.56. The minimum atomic E-state index is -0.745. The number of rotatable bonds is 15. The summed E-state index contributed by atoms with van der Waals surface area (Å²) in [5, 5.41) is 16.2. The fourth-order valence-electron chi connectivity index (χ4n) is 2.10. The van der Waals surface area contributed by atoms with E-state index >= 15 is 0 Å². The number of thioether (sulfide) groups is 1. The highest BCUT2D eigenvalue weighted by Gasteiger charge is 2.09. The Labute approximate surface area is 152 Å². The van der Waals surface area contributed by atoms with Crippen molar-refractivity contribution in [2.24, 2.45) is 0 Å². The summed E-state index contributed by atoms with van der Waals surface area (Å²) in [4.78, 5) is 20.0. The van der Waals surface area contributed by atoms with Crippen molar-refractivity contribution in [2.45, 2.75) is 103 Å². The first-order chi connectivity index (χ1) is 11.5. The second-order valence-corrected chi connectivity index (χ2v) is 7.58. The molecule has 5 heteroatoms. The van der Waals surface area contributed by atoms with Crippen LogP contribution in [0.3, 0.4) is 0 Å². The van der Waals surface area contributed by atoms with Gasteiger partial charge in [-0.2, -0.15) is 0 Å². The molecule has 0 amide bonds. The van der Waals surface area contributed by atoms with Crippen LogP contribution in [-0.2, 0) is 9.59 Å². The Bertz CT molecular complexity index is 295. The summed E-state index contributed by atoms with van der Waals surface area (Å²) in [5.74, 6) is -0.442. The molecule has 0 fully saturated rings. The van der Waals surface area contributed by atoms with Crippen LogP contribution in [0.5, 0.6) is 0 Å². The molecule has 0 bridgehead atoms. The van der Waals surface area contributed by atoms with E-state index in [0.717, 1.165) is 5.75 Å². The van der Waals surface area contributed by atoms with E-state index in [-0.39, 0.29) is 11.7 Å². The Balaban J connectivity index is 0. The van der Waals surface area contributed by atoms with E-state index in [1.807, 2.05) is 0 Å². The molecular weight excluding hydrogens is 324 g/mol. The quantitative estimate of drug-likeness (QED) is 0.350. The first-order valence-corrected chi connectivity index (χ1v) is 10.6. The second-order valence-electron chi connectivity index (χ2n) is 6.13. The van der Waals surface area contributed by atoms with Crippen molar-refractivity contribution < 1.29 is 19.8 Å². The van der Waals surface area contributed by atoms with E-state index in [0.29, 0.717) is 0 Å². The summed E-state index contributed by atoms with van der Waals surface area (Å²) < 4.78 is 0. The van der Waals surface area contributed by atoms with Gasteiger partial charge in [0.1, 0.15) is 0 Å². The molecule has 2 N–H and O–H groups in total. The molecule has 0 spiro atoms. The van der Waals surface area contributed by atoms with Crippen molar-refractivity contribution in [1.82, 2.24) is 0 Å². The van der Waals surface area contributed by atoms with Crippen LogP contribution in [-0.4, -0.2) is 33.2 Å². The monoisotopic (exact) mass is 362 g/mol. The molecule has 0 aliphatic heterocycles. The number of carbonyl (C=O) groups is 2. The van der Waals surface area contributed by atoms with Crippen LogP contribution >= 0.6 is 11.8 Å². The number of carboxylic acid groups (broad SMARTS) is 2. The van der Waals surface area contributed by atoms with Gasteiger partial charge in [0, 0.05) is 6.42 Å². The molecule has 0 aliphatic carbocycles. The smallest absolute Gasteiger partial charge is 0.316 e. The van der Waals surface area contributed by atoms with Gasteiger partial charge < -0.3 is 10.2 Å². The highest BCUT2D eigenvalue weighted by Crippen LogP contribution is 2.15. The lowest BCUT2D eigenvalue weighted by atomic mass is 10.1. The minimum Gasteiger partial charge on any atom is -0.481 e. The number of aliphatic carboxylic acids is 2. The topological polar surface area (TPSA) is 74.6 Å². The number of hydrogen-bond acceptors (Lipinski definition) is 3. The molecule has 0 saturated carbocycles. The lowest BCUT2D eigenvalue weighted by Crippen LogP contribution is -2.11. The average Bonchev–Trinajstić information content (AvgIpc) is 2.56. The van der Waals surface area contributed by atoms with Crippen molar-refractivity contribution >= 4 is 23.7 Å². The van der Waals surface area contributed by atoms with Gasteiger partial charge in [0.15, 0.2) is 0 Å². The van der Waals surface area contributed by atoms with Crippen LogP contribution in [0.1, 0.15) is 97.8 Å². The summed E-state index contributed by atoms with van der Waals surface area (Å²) in [7, 11) is 0. The predicted octanol–water partition coefficient (Wildman–Crippen LogP) is 5.98. The largest absolute Gasteiger partial charge is 0.481 e. The molecule has 1 atom stereocenters. The van der Waals surface area contributed by atoms with E-state index in [1.165, 1.54) is 70.6 Å². The fourth-order valence-corrected chi connectivity index (χ4v) is 2.96. The first kappa shape index (κ1) is 25.5. The Morgan fingerprint density at radius 2 is 1.17 bits per heavy atom. The van der Waals surface area contributed by atoms with E-state index in [1.54, 1.807) is 25.6 Å². The average molecular weight is 363 g/mol. The third-order valence-electron chi connectivity index (χ3n) is 3.77. The van der Waals surface area contributed by atoms with Gasteiger partial charge in [0.25, 0.3) is 0 Å². The molecule has 0 radical (unpaired) electrons.